The summed E-state index contributed by atoms with van der Waals surface area (Å²) in [5.41, 5.74) is 0.591. The average molecular weight is 281 g/mol. The van der Waals surface area contributed by atoms with E-state index in [0.717, 1.165) is 24.2 Å². The largest absolute Gasteiger partial charge is 0.354 e. The minimum atomic E-state index is -0.211. The van der Waals surface area contributed by atoms with E-state index >= 15 is 0 Å². The van der Waals surface area contributed by atoms with Crippen molar-refractivity contribution >= 4 is 34.2 Å². The third kappa shape index (κ3) is 3.28. The standard InChI is InChI=1S/C11H15N5O2S/c1-5-7(9(18)13-2)19-11(14-5)16-10(12)15-8(17)6-3-4-6/h6H,3-4H2,1-2H3,(H,13,18)(H3,12,14,15,16,17). The number of nitrogens with zero attached hydrogens (tertiary/aromatic N) is 1. The molecule has 0 spiro atoms. The van der Waals surface area contributed by atoms with Gasteiger partial charge in [-0.15, -0.1) is 0 Å². The van der Waals surface area contributed by atoms with Crippen LogP contribution >= 0.6 is 11.3 Å². The number of hydrogen-bond donors (Lipinski definition) is 4. The maximum atomic E-state index is 11.5. The number of anilines is 1. The van der Waals surface area contributed by atoms with E-state index in [1.54, 1.807) is 14.0 Å². The molecule has 0 bridgehead atoms. The van der Waals surface area contributed by atoms with Gasteiger partial charge in [-0.25, -0.2) is 4.98 Å². The minimum absolute atomic E-state index is 0.0432. The van der Waals surface area contributed by atoms with Crippen LogP contribution in [0.3, 0.4) is 0 Å². The molecule has 2 amide bonds. The van der Waals surface area contributed by atoms with Crippen molar-refractivity contribution in [3.63, 3.8) is 0 Å². The van der Waals surface area contributed by atoms with E-state index in [1.807, 2.05) is 0 Å². The van der Waals surface area contributed by atoms with E-state index in [4.69, 9.17) is 5.41 Å². The summed E-state index contributed by atoms with van der Waals surface area (Å²) < 4.78 is 0. The molecule has 1 aromatic rings. The topological polar surface area (TPSA) is 107 Å². The Kier molecular flexibility index (Phi) is 3.79. The summed E-state index contributed by atoms with van der Waals surface area (Å²) >= 11 is 1.15. The molecule has 1 aromatic heterocycles. The molecule has 0 unspecified atom stereocenters. The highest BCUT2D eigenvalue weighted by atomic mass is 32.1. The van der Waals surface area contributed by atoms with Crippen LogP contribution in [0.15, 0.2) is 0 Å². The zero-order valence-corrected chi connectivity index (χ0v) is 11.5. The first-order chi connectivity index (χ1) is 9.01. The SMILES string of the molecule is CNC(=O)c1sc(NC(=N)NC(=O)C2CC2)nc1C. The molecular weight excluding hydrogens is 266 g/mol. The van der Waals surface area contributed by atoms with Crippen LogP contribution in [0.25, 0.3) is 0 Å². The van der Waals surface area contributed by atoms with Gasteiger partial charge in [-0.05, 0) is 19.8 Å². The van der Waals surface area contributed by atoms with Gasteiger partial charge in [-0.2, -0.15) is 0 Å². The number of nitrogens with one attached hydrogen (secondary N) is 4. The van der Waals surface area contributed by atoms with Crippen molar-refractivity contribution in [2.45, 2.75) is 19.8 Å². The highest BCUT2D eigenvalue weighted by molar-refractivity contribution is 7.17. The van der Waals surface area contributed by atoms with E-state index < -0.39 is 0 Å². The van der Waals surface area contributed by atoms with Gasteiger partial charge in [0.15, 0.2) is 5.13 Å². The number of carbonyl (C=O) groups excluding carboxylic acids is 2. The number of amides is 2. The molecule has 8 heteroatoms. The molecule has 1 aliphatic carbocycles. The molecule has 7 nitrogen and oxygen atoms in total. The first kappa shape index (κ1) is 13.5. The molecule has 1 fully saturated rings. The van der Waals surface area contributed by atoms with Crippen LogP contribution in [0, 0.1) is 18.3 Å². The van der Waals surface area contributed by atoms with Gasteiger partial charge in [-0.3, -0.25) is 20.3 Å². The van der Waals surface area contributed by atoms with Crippen molar-refractivity contribution in [2.75, 3.05) is 12.4 Å². The van der Waals surface area contributed by atoms with Crippen LogP contribution in [0.1, 0.15) is 28.2 Å². The van der Waals surface area contributed by atoms with Crippen molar-refractivity contribution in [1.29, 1.82) is 5.41 Å². The number of guanidine groups is 1. The summed E-state index contributed by atoms with van der Waals surface area (Å²) in [5.74, 6) is -0.426. The summed E-state index contributed by atoms with van der Waals surface area (Å²) in [4.78, 5) is 27.6. The molecule has 0 aromatic carbocycles. The molecule has 1 heterocycles. The zero-order valence-electron chi connectivity index (χ0n) is 10.7. The van der Waals surface area contributed by atoms with Crippen molar-refractivity contribution in [3.05, 3.63) is 10.6 Å². The Labute approximate surface area is 114 Å². The maximum absolute atomic E-state index is 11.5. The van der Waals surface area contributed by atoms with Crippen LogP contribution in [0.5, 0.6) is 0 Å². The van der Waals surface area contributed by atoms with Gasteiger partial charge in [0.05, 0.1) is 5.69 Å². The molecule has 0 saturated heterocycles. The molecular formula is C11H15N5O2S. The number of aromatic nitrogens is 1. The molecule has 0 radical (unpaired) electrons. The molecule has 19 heavy (non-hydrogen) atoms. The minimum Gasteiger partial charge on any atom is -0.354 e. The lowest BCUT2D eigenvalue weighted by molar-refractivity contribution is -0.120. The number of rotatable bonds is 3. The Bertz CT molecular complexity index is 535. The van der Waals surface area contributed by atoms with Gasteiger partial charge in [0.1, 0.15) is 4.88 Å². The van der Waals surface area contributed by atoms with E-state index in [-0.39, 0.29) is 23.7 Å². The fourth-order valence-electron chi connectivity index (χ4n) is 1.48. The molecule has 0 atom stereocenters. The maximum Gasteiger partial charge on any atom is 0.263 e. The van der Waals surface area contributed by atoms with Crippen LogP contribution in [-0.2, 0) is 4.79 Å². The van der Waals surface area contributed by atoms with Crippen LogP contribution < -0.4 is 16.0 Å². The predicted octanol–water partition coefficient (Wildman–Crippen LogP) is 0.684. The molecule has 2 rings (SSSR count). The second-order valence-electron chi connectivity index (χ2n) is 4.28. The van der Waals surface area contributed by atoms with E-state index in [2.05, 4.69) is 20.9 Å². The lowest BCUT2D eigenvalue weighted by atomic mass is 10.4. The predicted molar refractivity (Wildman–Crippen MR) is 72.5 cm³/mol. The van der Waals surface area contributed by atoms with Crippen molar-refractivity contribution in [2.24, 2.45) is 5.92 Å². The summed E-state index contributed by atoms with van der Waals surface area (Å²) in [7, 11) is 1.55. The van der Waals surface area contributed by atoms with Crippen LogP contribution in [0.2, 0.25) is 0 Å². The Morgan fingerprint density at radius 3 is 2.68 bits per heavy atom. The normalized spacial score (nSPS) is 13.8. The summed E-state index contributed by atoms with van der Waals surface area (Å²) in [6.45, 7) is 1.72. The highest BCUT2D eigenvalue weighted by Gasteiger charge is 2.30. The fourth-order valence-corrected chi connectivity index (χ4v) is 2.40. The first-order valence-corrected chi connectivity index (χ1v) is 6.69. The van der Waals surface area contributed by atoms with E-state index in [1.165, 1.54) is 0 Å². The van der Waals surface area contributed by atoms with Gasteiger partial charge >= 0.3 is 0 Å². The molecule has 102 valence electrons. The molecule has 1 saturated carbocycles. The summed E-state index contributed by atoms with van der Waals surface area (Å²) in [6, 6.07) is 0. The van der Waals surface area contributed by atoms with Crippen molar-refractivity contribution in [1.82, 2.24) is 15.6 Å². The highest BCUT2D eigenvalue weighted by Crippen LogP contribution is 2.28. The number of carbonyl (C=O) groups is 2. The number of hydrogen-bond acceptors (Lipinski definition) is 5. The van der Waals surface area contributed by atoms with E-state index in [9.17, 15) is 9.59 Å². The second kappa shape index (κ2) is 5.35. The van der Waals surface area contributed by atoms with Gasteiger partial charge in [0.25, 0.3) is 5.91 Å². The molecule has 4 N–H and O–H groups in total. The van der Waals surface area contributed by atoms with Gasteiger partial charge in [0, 0.05) is 13.0 Å². The third-order valence-corrected chi connectivity index (χ3v) is 3.73. The monoisotopic (exact) mass is 281 g/mol. The Balaban J connectivity index is 1.96. The quantitative estimate of drug-likeness (QED) is 0.483. The third-order valence-electron chi connectivity index (χ3n) is 2.66. The fraction of sp³-hybridized carbons (Fsp3) is 0.455. The average Bonchev–Trinajstić information content (AvgIpc) is 3.13. The van der Waals surface area contributed by atoms with Crippen molar-refractivity contribution < 1.29 is 9.59 Å². The zero-order chi connectivity index (χ0) is 14.0. The van der Waals surface area contributed by atoms with Crippen molar-refractivity contribution in [3.8, 4) is 0 Å². The Morgan fingerprint density at radius 1 is 1.42 bits per heavy atom. The summed E-state index contributed by atoms with van der Waals surface area (Å²) in [6.07, 6.45) is 1.77. The van der Waals surface area contributed by atoms with Gasteiger partial charge in [0.2, 0.25) is 11.9 Å². The second-order valence-corrected chi connectivity index (χ2v) is 5.28. The lowest BCUT2D eigenvalue weighted by Crippen LogP contribution is -2.35. The number of aryl methyl sites for hydroxylation is 1. The Hall–Kier alpha value is -1.96. The molecule has 1 aliphatic rings. The van der Waals surface area contributed by atoms with Gasteiger partial charge < -0.3 is 10.6 Å². The summed E-state index contributed by atoms with van der Waals surface area (Å²) in [5, 5.41) is 15.7. The van der Waals surface area contributed by atoms with Gasteiger partial charge in [-0.1, -0.05) is 11.3 Å². The van der Waals surface area contributed by atoms with Crippen LogP contribution in [-0.4, -0.2) is 29.8 Å². The smallest absolute Gasteiger partial charge is 0.263 e. The number of thiazole rings is 1. The van der Waals surface area contributed by atoms with Crippen LogP contribution in [0.4, 0.5) is 5.13 Å². The Morgan fingerprint density at radius 2 is 2.11 bits per heavy atom. The molecule has 0 aliphatic heterocycles. The lowest BCUT2D eigenvalue weighted by Gasteiger charge is -2.05. The van der Waals surface area contributed by atoms with E-state index in [0.29, 0.717) is 15.7 Å². The first-order valence-electron chi connectivity index (χ1n) is 5.87.